The van der Waals surface area contributed by atoms with Crippen LogP contribution in [0.25, 0.3) is 0 Å². The van der Waals surface area contributed by atoms with Gasteiger partial charge in [0.2, 0.25) is 0 Å². The summed E-state index contributed by atoms with van der Waals surface area (Å²) in [5.41, 5.74) is -0.524. The van der Waals surface area contributed by atoms with Crippen LogP contribution in [0, 0.1) is 5.41 Å². The first-order valence-electron chi connectivity index (χ1n) is 7.01. The number of amides is 1. The Hall–Kier alpha value is -2.25. The first kappa shape index (κ1) is 17.8. The summed E-state index contributed by atoms with van der Waals surface area (Å²) in [5.74, 6) is -0.469. The summed E-state index contributed by atoms with van der Waals surface area (Å²) in [7, 11) is 0. The smallest absolute Gasteiger partial charge is 0.461 e. The molecule has 1 rings (SSSR count). The van der Waals surface area contributed by atoms with E-state index in [0.717, 1.165) is 0 Å². The van der Waals surface area contributed by atoms with Gasteiger partial charge in [-0.15, -0.1) is 0 Å². The number of esters is 1. The average Bonchev–Trinajstić information content (AvgIpc) is 2.52. The number of hydrogen-bond acceptors (Lipinski definition) is 7. The van der Waals surface area contributed by atoms with E-state index in [0.29, 0.717) is 6.42 Å². The maximum Gasteiger partial charge on any atom is 0.508 e. The summed E-state index contributed by atoms with van der Waals surface area (Å²) in [6.45, 7) is 4.16. The van der Waals surface area contributed by atoms with Crippen molar-refractivity contribution in [2.75, 3.05) is 33.0 Å². The Labute approximate surface area is 128 Å². The van der Waals surface area contributed by atoms with Crippen molar-refractivity contribution in [3.8, 4) is 0 Å². The number of ether oxygens (including phenoxy) is 4. The summed E-state index contributed by atoms with van der Waals surface area (Å²) >= 11 is 0. The van der Waals surface area contributed by atoms with E-state index in [9.17, 15) is 14.4 Å². The van der Waals surface area contributed by atoms with E-state index in [1.165, 1.54) is 6.08 Å². The highest BCUT2D eigenvalue weighted by atomic mass is 16.7. The van der Waals surface area contributed by atoms with Crippen LogP contribution in [0.3, 0.4) is 0 Å². The molecule has 0 bridgehead atoms. The van der Waals surface area contributed by atoms with Crippen LogP contribution >= 0.6 is 0 Å². The zero-order valence-corrected chi connectivity index (χ0v) is 12.8. The minimum atomic E-state index is -0.712. The molecule has 1 heterocycles. The number of allylic oxidation sites excluding steroid dienone is 1. The highest BCUT2D eigenvalue weighted by Crippen LogP contribution is 2.27. The van der Waals surface area contributed by atoms with E-state index in [-0.39, 0.29) is 33.0 Å². The molecule has 1 aliphatic heterocycles. The summed E-state index contributed by atoms with van der Waals surface area (Å²) in [4.78, 5) is 33.4. The number of nitrogens with one attached hydrogen (secondary N) is 1. The molecule has 124 valence electrons. The van der Waals surface area contributed by atoms with E-state index < -0.39 is 23.6 Å². The molecule has 0 spiro atoms. The van der Waals surface area contributed by atoms with Gasteiger partial charge in [-0.25, -0.2) is 14.4 Å². The minimum Gasteiger partial charge on any atom is -0.461 e. The predicted octanol–water partition coefficient (Wildman–Crippen LogP) is 1.40. The molecule has 22 heavy (non-hydrogen) atoms. The fraction of sp³-hybridized carbons (Fsp3) is 0.643. The zero-order chi connectivity index (χ0) is 16.4. The Bertz CT molecular complexity index is 423. The number of cyclic esters (lactones) is 2. The third-order valence-electron chi connectivity index (χ3n) is 3.17. The van der Waals surface area contributed by atoms with Crippen LogP contribution in [0.15, 0.2) is 12.2 Å². The lowest BCUT2D eigenvalue weighted by Gasteiger charge is -2.33. The molecule has 1 amide bonds. The molecule has 8 nitrogen and oxygen atoms in total. The van der Waals surface area contributed by atoms with Crippen LogP contribution < -0.4 is 5.32 Å². The summed E-state index contributed by atoms with van der Waals surface area (Å²) in [5, 5.41) is 2.46. The van der Waals surface area contributed by atoms with Gasteiger partial charge in [0.25, 0.3) is 0 Å². The van der Waals surface area contributed by atoms with E-state index >= 15 is 0 Å². The van der Waals surface area contributed by atoms with Crippen molar-refractivity contribution in [1.82, 2.24) is 5.32 Å². The van der Waals surface area contributed by atoms with Crippen LogP contribution in [0.2, 0.25) is 0 Å². The van der Waals surface area contributed by atoms with Crippen LogP contribution in [-0.4, -0.2) is 51.2 Å². The van der Waals surface area contributed by atoms with E-state index in [1.807, 2.05) is 6.92 Å². The maximum atomic E-state index is 11.5. The highest BCUT2D eigenvalue weighted by Gasteiger charge is 2.37. The van der Waals surface area contributed by atoms with Crippen LogP contribution in [0.5, 0.6) is 0 Å². The van der Waals surface area contributed by atoms with Crippen molar-refractivity contribution >= 4 is 18.2 Å². The molecule has 0 aromatic rings. The molecular weight excluding hydrogens is 294 g/mol. The molecule has 1 aliphatic rings. The van der Waals surface area contributed by atoms with Gasteiger partial charge in [0.15, 0.2) is 0 Å². The molecule has 0 saturated carbocycles. The van der Waals surface area contributed by atoms with E-state index in [4.69, 9.17) is 18.9 Å². The minimum absolute atomic E-state index is 0.0535. The summed E-state index contributed by atoms with van der Waals surface area (Å²) in [6.07, 6.45) is 2.14. The average molecular weight is 315 g/mol. The topological polar surface area (TPSA) is 100 Å². The van der Waals surface area contributed by atoms with Crippen LogP contribution in [0.4, 0.5) is 9.59 Å². The van der Waals surface area contributed by atoms with Gasteiger partial charge >= 0.3 is 18.2 Å². The first-order valence-corrected chi connectivity index (χ1v) is 7.01. The molecule has 0 atom stereocenters. The van der Waals surface area contributed by atoms with E-state index in [1.54, 1.807) is 13.0 Å². The maximum absolute atomic E-state index is 11.5. The Balaban J connectivity index is 2.22. The number of alkyl carbamates (subject to hydrolysis) is 1. The first-order chi connectivity index (χ1) is 10.5. The monoisotopic (exact) mass is 315 g/mol. The second-order valence-corrected chi connectivity index (χ2v) is 4.85. The fourth-order valence-electron chi connectivity index (χ4n) is 1.66. The second kappa shape index (κ2) is 8.91. The Morgan fingerprint density at radius 1 is 1.32 bits per heavy atom. The fourth-order valence-corrected chi connectivity index (χ4v) is 1.66. The summed E-state index contributed by atoms with van der Waals surface area (Å²) in [6, 6.07) is 0. The normalized spacial score (nSPS) is 16.5. The third kappa shape index (κ3) is 6.02. The molecular formula is C14H21NO7. The lowest BCUT2D eigenvalue weighted by atomic mass is 9.87. The number of carbonyl (C=O) groups excluding carboxylic acids is 3. The van der Waals surface area contributed by atoms with Gasteiger partial charge in [-0.1, -0.05) is 13.0 Å². The third-order valence-corrected chi connectivity index (χ3v) is 3.17. The van der Waals surface area contributed by atoms with Gasteiger partial charge in [-0.2, -0.15) is 0 Å². The largest absolute Gasteiger partial charge is 0.508 e. The van der Waals surface area contributed by atoms with Crippen molar-refractivity contribution in [3.63, 3.8) is 0 Å². The number of carbonyl (C=O) groups is 3. The van der Waals surface area contributed by atoms with Crippen LogP contribution in [0.1, 0.15) is 20.3 Å². The Morgan fingerprint density at radius 2 is 2.00 bits per heavy atom. The molecule has 0 aromatic heterocycles. The van der Waals surface area contributed by atoms with Crippen molar-refractivity contribution in [3.05, 3.63) is 12.2 Å². The molecule has 0 radical (unpaired) electrons. The molecule has 1 N–H and O–H groups in total. The standard InChI is InChI=1S/C14H21NO7/c1-3-5-11(16)19-7-6-15-12(17)20-8-14(4-2)9-21-13(18)22-10-14/h3,5H,4,6-10H2,1-2H3,(H,15,17). The van der Waals surface area contributed by atoms with Crippen molar-refractivity contribution < 1.29 is 33.3 Å². The molecule has 0 aromatic carbocycles. The highest BCUT2D eigenvalue weighted by molar-refractivity contribution is 5.81. The lowest BCUT2D eigenvalue weighted by molar-refractivity contribution is -0.137. The van der Waals surface area contributed by atoms with Gasteiger partial charge in [0, 0.05) is 6.08 Å². The van der Waals surface area contributed by atoms with Gasteiger partial charge in [0.1, 0.15) is 26.4 Å². The SMILES string of the molecule is CC=CC(=O)OCCNC(=O)OCC1(CC)COC(=O)OC1. The lowest BCUT2D eigenvalue weighted by Crippen LogP contribution is -2.44. The Kier molecular flexibility index (Phi) is 7.21. The summed E-state index contributed by atoms with van der Waals surface area (Å²) < 4.78 is 19.6. The predicted molar refractivity (Wildman–Crippen MR) is 75.1 cm³/mol. The Morgan fingerprint density at radius 3 is 2.59 bits per heavy atom. The van der Waals surface area contributed by atoms with Crippen LogP contribution in [-0.2, 0) is 23.7 Å². The van der Waals surface area contributed by atoms with Crippen molar-refractivity contribution in [2.45, 2.75) is 20.3 Å². The molecule has 8 heteroatoms. The van der Waals surface area contributed by atoms with Gasteiger partial charge < -0.3 is 24.3 Å². The number of rotatable bonds is 7. The molecule has 0 aliphatic carbocycles. The van der Waals surface area contributed by atoms with E-state index in [2.05, 4.69) is 5.32 Å². The van der Waals surface area contributed by atoms with Crippen molar-refractivity contribution in [1.29, 1.82) is 0 Å². The molecule has 0 unspecified atom stereocenters. The van der Waals surface area contributed by atoms with Gasteiger partial charge in [0.05, 0.1) is 12.0 Å². The van der Waals surface area contributed by atoms with Gasteiger partial charge in [-0.3, -0.25) is 0 Å². The molecule has 1 saturated heterocycles. The van der Waals surface area contributed by atoms with Gasteiger partial charge in [-0.05, 0) is 13.3 Å². The second-order valence-electron chi connectivity index (χ2n) is 4.85. The quantitative estimate of drug-likeness (QED) is 0.328. The number of hydrogen-bond donors (Lipinski definition) is 1. The zero-order valence-electron chi connectivity index (χ0n) is 12.8. The molecule has 1 fully saturated rings. The van der Waals surface area contributed by atoms with Crippen molar-refractivity contribution in [2.24, 2.45) is 5.41 Å².